The van der Waals surface area contributed by atoms with E-state index < -0.39 is 10.0 Å². The van der Waals surface area contributed by atoms with Crippen LogP contribution in [-0.4, -0.2) is 47.8 Å². The Balaban J connectivity index is 1.82. The third-order valence-corrected chi connectivity index (χ3v) is 5.04. The van der Waals surface area contributed by atoms with Crippen molar-refractivity contribution in [2.24, 2.45) is 7.05 Å². The van der Waals surface area contributed by atoms with Gasteiger partial charge in [-0.25, -0.2) is 17.9 Å². The first-order chi connectivity index (χ1) is 10.8. The van der Waals surface area contributed by atoms with Gasteiger partial charge in [0, 0.05) is 19.6 Å². The number of sulfonamides is 1. The van der Waals surface area contributed by atoms with Crippen molar-refractivity contribution in [3.05, 3.63) is 34.7 Å². The van der Waals surface area contributed by atoms with Gasteiger partial charge in [-0.3, -0.25) is 14.0 Å². The third kappa shape index (κ3) is 3.49. The van der Waals surface area contributed by atoms with Gasteiger partial charge in [-0.05, 0) is 31.5 Å². The van der Waals surface area contributed by atoms with Crippen LogP contribution in [0.4, 0.5) is 0 Å². The summed E-state index contributed by atoms with van der Waals surface area (Å²) in [5.41, 5.74) is 1.75. The number of likely N-dealkylation sites (tertiary alicyclic amines) is 1. The number of fused-ring (bicyclic) bond motifs is 1. The molecule has 0 aliphatic carbocycles. The van der Waals surface area contributed by atoms with Crippen LogP contribution in [0.1, 0.15) is 12.8 Å². The largest absolute Gasteiger partial charge is 0.329 e. The van der Waals surface area contributed by atoms with E-state index in [2.05, 4.69) is 9.62 Å². The van der Waals surface area contributed by atoms with Crippen molar-refractivity contribution in [1.82, 2.24) is 18.8 Å². The Morgan fingerprint density at radius 1 is 1.26 bits per heavy atom. The zero-order chi connectivity index (χ0) is 16.6. The second-order valence-corrected chi connectivity index (χ2v) is 7.99. The Hall–Kier alpha value is -1.64. The van der Waals surface area contributed by atoms with Crippen LogP contribution >= 0.6 is 0 Å². The van der Waals surface area contributed by atoms with Gasteiger partial charge in [-0.1, -0.05) is 12.1 Å². The number of para-hydroxylation sites is 2. The zero-order valence-electron chi connectivity index (χ0n) is 13.4. The summed E-state index contributed by atoms with van der Waals surface area (Å²) in [6.07, 6.45) is 2.92. The molecule has 1 aliphatic heterocycles. The highest BCUT2D eigenvalue weighted by Crippen LogP contribution is 2.15. The molecule has 1 atom stereocenters. The molecule has 1 aliphatic rings. The summed E-state index contributed by atoms with van der Waals surface area (Å²) >= 11 is 0. The zero-order valence-corrected chi connectivity index (χ0v) is 14.2. The lowest BCUT2D eigenvalue weighted by Crippen LogP contribution is -2.48. The average Bonchev–Trinajstić information content (AvgIpc) is 2.72. The summed E-state index contributed by atoms with van der Waals surface area (Å²) in [6, 6.07) is 7.61. The number of nitrogens with one attached hydrogen (secondary N) is 1. The van der Waals surface area contributed by atoms with E-state index in [-0.39, 0.29) is 11.7 Å². The van der Waals surface area contributed by atoms with Gasteiger partial charge in [-0.2, -0.15) is 0 Å². The molecule has 2 heterocycles. The molecule has 0 amide bonds. The predicted molar refractivity (Wildman–Crippen MR) is 89.8 cm³/mol. The normalized spacial score (nSPS) is 20.2. The van der Waals surface area contributed by atoms with Crippen molar-refractivity contribution in [2.75, 3.05) is 19.3 Å². The monoisotopic (exact) mass is 338 g/mol. The van der Waals surface area contributed by atoms with Crippen LogP contribution in [0.3, 0.4) is 0 Å². The first-order valence-electron chi connectivity index (χ1n) is 7.69. The second kappa shape index (κ2) is 6.10. The Kier molecular flexibility index (Phi) is 4.31. The lowest BCUT2D eigenvalue weighted by atomic mass is 10.1. The molecule has 0 spiro atoms. The van der Waals surface area contributed by atoms with E-state index in [1.807, 2.05) is 24.3 Å². The van der Waals surface area contributed by atoms with Gasteiger partial charge in [0.05, 0.1) is 24.0 Å². The minimum atomic E-state index is -3.21. The molecule has 23 heavy (non-hydrogen) atoms. The number of rotatable bonds is 4. The highest BCUT2D eigenvalue weighted by Gasteiger charge is 2.23. The van der Waals surface area contributed by atoms with E-state index >= 15 is 0 Å². The number of hydrogen-bond acceptors (Lipinski definition) is 4. The Bertz CT molecular complexity index is 868. The number of benzene rings is 1. The van der Waals surface area contributed by atoms with Gasteiger partial charge < -0.3 is 0 Å². The topological polar surface area (TPSA) is 76.3 Å². The van der Waals surface area contributed by atoms with Gasteiger partial charge in [-0.15, -0.1) is 0 Å². The van der Waals surface area contributed by atoms with E-state index in [9.17, 15) is 13.2 Å². The van der Waals surface area contributed by atoms with Crippen molar-refractivity contribution in [3.63, 3.8) is 0 Å². The molecule has 2 aromatic rings. The average molecular weight is 338 g/mol. The molecule has 3 rings (SSSR count). The molecule has 126 valence electrons. The highest BCUT2D eigenvalue weighted by atomic mass is 32.2. The van der Waals surface area contributed by atoms with E-state index in [0.29, 0.717) is 13.2 Å². The molecule has 1 saturated heterocycles. The maximum atomic E-state index is 12.5. The van der Waals surface area contributed by atoms with E-state index in [4.69, 9.17) is 0 Å². The molecule has 1 fully saturated rings. The Labute approximate surface area is 135 Å². The van der Waals surface area contributed by atoms with Crippen molar-refractivity contribution < 1.29 is 8.42 Å². The standard InChI is InChI=1S/C15H22N4O3S/c1-17-13-7-3-4-8-14(13)19(15(17)20)11-18-9-5-6-12(10-18)16-23(2,21)22/h3-4,7-8,12,16H,5-6,9-11H2,1-2H3/t12-/m1/s1. The first-order valence-corrected chi connectivity index (χ1v) is 9.58. The number of piperidine rings is 1. The fourth-order valence-electron chi connectivity index (χ4n) is 3.28. The Morgan fingerprint density at radius 2 is 1.96 bits per heavy atom. The molecule has 0 saturated carbocycles. The summed E-state index contributed by atoms with van der Waals surface area (Å²) in [5.74, 6) is 0. The summed E-state index contributed by atoms with van der Waals surface area (Å²) in [7, 11) is -1.44. The summed E-state index contributed by atoms with van der Waals surface area (Å²) in [6.45, 7) is 1.95. The smallest absolute Gasteiger partial charge is 0.295 e. The van der Waals surface area contributed by atoms with Crippen molar-refractivity contribution in [1.29, 1.82) is 0 Å². The van der Waals surface area contributed by atoms with Crippen molar-refractivity contribution >= 4 is 21.1 Å². The third-order valence-electron chi connectivity index (χ3n) is 4.28. The van der Waals surface area contributed by atoms with Gasteiger partial charge in [0.25, 0.3) is 0 Å². The maximum Gasteiger partial charge on any atom is 0.329 e. The molecule has 1 N–H and O–H groups in total. The molecule has 1 aromatic carbocycles. The fourth-order valence-corrected chi connectivity index (χ4v) is 4.08. The number of aryl methyl sites for hydroxylation is 1. The number of nitrogens with zero attached hydrogens (tertiary/aromatic N) is 3. The Morgan fingerprint density at radius 3 is 2.65 bits per heavy atom. The second-order valence-electron chi connectivity index (χ2n) is 6.21. The van der Waals surface area contributed by atoms with Crippen molar-refractivity contribution in [3.8, 4) is 0 Å². The lowest BCUT2D eigenvalue weighted by Gasteiger charge is -2.32. The number of hydrogen-bond donors (Lipinski definition) is 1. The molecular weight excluding hydrogens is 316 g/mol. The quantitative estimate of drug-likeness (QED) is 0.871. The van der Waals surface area contributed by atoms with Crippen LogP contribution in [0.2, 0.25) is 0 Å². The highest BCUT2D eigenvalue weighted by molar-refractivity contribution is 7.88. The van der Waals surface area contributed by atoms with Crippen molar-refractivity contribution in [2.45, 2.75) is 25.6 Å². The molecule has 1 aromatic heterocycles. The molecule has 8 heteroatoms. The van der Waals surface area contributed by atoms with Crippen LogP contribution in [-0.2, 0) is 23.7 Å². The summed E-state index contributed by atoms with van der Waals surface area (Å²) in [5, 5.41) is 0. The maximum absolute atomic E-state index is 12.5. The van der Waals surface area contributed by atoms with Crippen LogP contribution < -0.4 is 10.4 Å². The molecule has 0 unspecified atom stereocenters. The first kappa shape index (κ1) is 16.2. The van der Waals surface area contributed by atoms with Gasteiger partial charge >= 0.3 is 5.69 Å². The van der Waals surface area contributed by atoms with E-state index in [1.165, 1.54) is 6.26 Å². The van der Waals surface area contributed by atoms with Gasteiger partial charge in [0.1, 0.15) is 0 Å². The SMILES string of the molecule is Cn1c(=O)n(CN2CCC[C@@H](NS(C)(=O)=O)C2)c2ccccc21. The molecule has 0 radical (unpaired) electrons. The van der Waals surface area contributed by atoms with Crippen LogP contribution in [0, 0.1) is 0 Å². The molecule has 0 bridgehead atoms. The fraction of sp³-hybridized carbons (Fsp3) is 0.533. The van der Waals surface area contributed by atoms with Gasteiger partial charge in [0.15, 0.2) is 0 Å². The van der Waals surface area contributed by atoms with E-state index in [0.717, 1.165) is 30.4 Å². The number of aromatic nitrogens is 2. The minimum Gasteiger partial charge on any atom is -0.295 e. The van der Waals surface area contributed by atoms with Crippen LogP contribution in [0.5, 0.6) is 0 Å². The van der Waals surface area contributed by atoms with Crippen LogP contribution in [0.15, 0.2) is 29.1 Å². The molecular formula is C15H22N4O3S. The van der Waals surface area contributed by atoms with Crippen LogP contribution in [0.25, 0.3) is 11.0 Å². The molecule has 7 nitrogen and oxygen atoms in total. The summed E-state index contributed by atoms with van der Waals surface area (Å²) in [4.78, 5) is 14.6. The minimum absolute atomic E-state index is 0.0515. The summed E-state index contributed by atoms with van der Waals surface area (Å²) < 4.78 is 28.9. The lowest BCUT2D eigenvalue weighted by molar-refractivity contribution is 0.161. The van der Waals surface area contributed by atoms with Gasteiger partial charge in [0.2, 0.25) is 10.0 Å². The predicted octanol–water partition coefficient (Wildman–Crippen LogP) is 0.311. The number of imidazole rings is 1. The van der Waals surface area contributed by atoms with E-state index in [1.54, 1.807) is 16.2 Å².